The predicted octanol–water partition coefficient (Wildman–Crippen LogP) is 5.18. The van der Waals surface area contributed by atoms with Crippen LogP contribution in [-0.4, -0.2) is 7.11 Å². The molecule has 0 fully saturated rings. The Kier molecular flexibility index (Phi) is 3.62. The minimum atomic E-state index is -0.184. The Morgan fingerprint density at radius 3 is 2.50 bits per heavy atom. The van der Waals surface area contributed by atoms with Crippen molar-refractivity contribution < 1.29 is 4.74 Å². The first-order chi connectivity index (χ1) is 9.79. The van der Waals surface area contributed by atoms with Gasteiger partial charge in [0.1, 0.15) is 5.75 Å². The van der Waals surface area contributed by atoms with E-state index in [0.29, 0.717) is 0 Å². The molecule has 3 aromatic rings. The molecule has 0 aliphatic rings. The fourth-order valence-corrected chi connectivity index (χ4v) is 2.78. The average Bonchev–Trinajstić information content (AvgIpc) is 2.53. The number of ether oxygens (including phenoxy) is 1. The van der Waals surface area contributed by atoms with Crippen LogP contribution in [0.1, 0.15) is 16.5 Å². The van der Waals surface area contributed by atoms with Crippen LogP contribution in [0.3, 0.4) is 0 Å². The van der Waals surface area contributed by atoms with E-state index >= 15 is 0 Å². The molecule has 0 bridgehead atoms. The summed E-state index contributed by atoms with van der Waals surface area (Å²) in [6.45, 7) is 0. The van der Waals surface area contributed by atoms with E-state index in [0.717, 1.165) is 16.9 Å². The number of fused-ring (bicyclic) bond motifs is 1. The molecule has 0 saturated heterocycles. The predicted molar refractivity (Wildman–Crippen MR) is 84.6 cm³/mol. The van der Waals surface area contributed by atoms with Gasteiger partial charge in [-0.25, -0.2) is 0 Å². The first-order valence-electron chi connectivity index (χ1n) is 6.55. The third-order valence-electron chi connectivity index (χ3n) is 3.48. The number of halogens is 1. The van der Waals surface area contributed by atoms with Crippen molar-refractivity contribution in [3.63, 3.8) is 0 Å². The normalized spacial score (nSPS) is 12.3. The van der Waals surface area contributed by atoms with Crippen molar-refractivity contribution in [2.75, 3.05) is 7.11 Å². The first-order valence-corrected chi connectivity index (χ1v) is 6.99. The summed E-state index contributed by atoms with van der Waals surface area (Å²) in [5, 5.41) is 2.22. The maximum atomic E-state index is 6.68. The van der Waals surface area contributed by atoms with Crippen molar-refractivity contribution in [2.24, 2.45) is 0 Å². The minimum Gasteiger partial charge on any atom is -0.497 e. The van der Waals surface area contributed by atoms with Gasteiger partial charge in [-0.15, -0.1) is 11.6 Å². The molecule has 1 nitrogen and oxygen atoms in total. The van der Waals surface area contributed by atoms with Crippen molar-refractivity contribution in [3.8, 4) is 5.75 Å². The molecule has 0 N–H and O–H groups in total. The summed E-state index contributed by atoms with van der Waals surface area (Å²) in [5.74, 6) is 0.827. The molecule has 3 aromatic carbocycles. The number of benzene rings is 3. The monoisotopic (exact) mass is 282 g/mol. The lowest BCUT2D eigenvalue weighted by atomic mass is 9.98. The zero-order chi connectivity index (χ0) is 13.9. The summed E-state index contributed by atoms with van der Waals surface area (Å²) in [7, 11) is 1.67. The highest BCUT2D eigenvalue weighted by atomic mass is 35.5. The Hall–Kier alpha value is -1.99. The minimum absolute atomic E-state index is 0.184. The zero-order valence-electron chi connectivity index (χ0n) is 11.2. The van der Waals surface area contributed by atoms with E-state index in [4.69, 9.17) is 16.3 Å². The molecule has 0 aliphatic carbocycles. The molecular weight excluding hydrogens is 268 g/mol. The molecule has 1 unspecified atom stereocenters. The molecule has 3 rings (SSSR count). The van der Waals surface area contributed by atoms with Gasteiger partial charge in [-0.2, -0.15) is 0 Å². The van der Waals surface area contributed by atoms with Gasteiger partial charge >= 0.3 is 0 Å². The SMILES string of the molecule is COc1cccc(C(Cl)c2cccc3ccccc23)c1. The molecule has 1 atom stereocenters. The van der Waals surface area contributed by atoms with Crippen LogP contribution in [0.4, 0.5) is 0 Å². The summed E-state index contributed by atoms with van der Waals surface area (Å²) in [6, 6.07) is 22.4. The molecule has 0 spiro atoms. The van der Waals surface area contributed by atoms with Crippen LogP contribution < -0.4 is 4.74 Å². The van der Waals surface area contributed by atoms with Crippen LogP contribution in [0.5, 0.6) is 5.75 Å². The summed E-state index contributed by atoms with van der Waals surface area (Å²) < 4.78 is 5.27. The van der Waals surface area contributed by atoms with E-state index in [1.54, 1.807) is 7.11 Å². The third kappa shape index (κ3) is 2.37. The third-order valence-corrected chi connectivity index (χ3v) is 3.97. The molecule has 2 heteroatoms. The Morgan fingerprint density at radius 1 is 0.900 bits per heavy atom. The van der Waals surface area contributed by atoms with Gasteiger partial charge in [0.2, 0.25) is 0 Å². The summed E-state index contributed by atoms with van der Waals surface area (Å²) in [5.41, 5.74) is 2.17. The number of alkyl halides is 1. The van der Waals surface area contributed by atoms with E-state index < -0.39 is 0 Å². The highest BCUT2D eigenvalue weighted by Gasteiger charge is 2.14. The van der Waals surface area contributed by atoms with Gasteiger partial charge in [0.05, 0.1) is 12.5 Å². The van der Waals surface area contributed by atoms with Gasteiger partial charge in [-0.05, 0) is 34.0 Å². The van der Waals surface area contributed by atoms with Crippen LogP contribution >= 0.6 is 11.6 Å². The van der Waals surface area contributed by atoms with Crippen LogP contribution in [0.25, 0.3) is 10.8 Å². The largest absolute Gasteiger partial charge is 0.497 e. The quantitative estimate of drug-likeness (QED) is 0.602. The van der Waals surface area contributed by atoms with Crippen molar-refractivity contribution >= 4 is 22.4 Å². The molecule has 0 amide bonds. The van der Waals surface area contributed by atoms with Crippen molar-refractivity contribution in [1.82, 2.24) is 0 Å². The number of methoxy groups -OCH3 is 1. The maximum absolute atomic E-state index is 6.68. The van der Waals surface area contributed by atoms with Gasteiger partial charge in [-0.3, -0.25) is 0 Å². The number of hydrogen-bond donors (Lipinski definition) is 0. The summed E-state index contributed by atoms with van der Waals surface area (Å²) >= 11 is 6.68. The van der Waals surface area contributed by atoms with Gasteiger partial charge in [-0.1, -0.05) is 54.6 Å². The molecule has 100 valence electrons. The standard InChI is InChI=1S/C18H15ClO/c1-20-15-9-4-8-14(12-15)18(19)17-11-5-7-13-6-2-3-10-16(13)17/h2-12,18H,1H3. The second-order valence-corrected chi connectivity index (χ2v) is 5.14. The smallest absolute Gasteiger partial charge is 0.119 e. The molecule has 20 heavy (non-hydrogen) atoms. The highest BCUT2D eigenvalue weighted by molar-refractivity contribution is 6.23. The van der Waals surface area contributed by atoms with E-state index in [1.807, 2.05) is 42.5 Å². The number of hydrogen-bond acceptors (Lipinski definition) is 1. The van der Waals surface area contributed by atoms with Gasteiger partial charge < -0.3 is 4.74 Å². The van der Waals surface area contributed by atoms with E-state index in [2.05, 4.69) is 24.3 Å². The fraction of sp³-hybridized carbons (Fsp3) is 0.111. The van der Waals surface area contributed by atoms with E-state index in [9.17, 15) is 0 Å². The second kappa shape index (κ2) is 5.56. The van der Waals surface area contributed by atoms with E-state index in [1.165, 1.54) is 10.8 Å². The molecular formula is C18H15ClO. The first kappa shape index (κ1) is 13.0. The zero-order valence-corrected chi connectivity index (χ0v) is 12.0. The van der Waals surface area contributed by atoms with Crippen molar-refractivity contribution in [2.45, 2.75) is 5.38 Å². The fourth-order valence-electron chi connectivity index (χ4n) is 2.45. The lowest BCUT2D eigenvalue weighted by Crippen LogP contribution is -1.95. The van der Waals surface area contributed by atoms with Crippen LogP contribution in [0.2, 0.25) is 0 Å². The lowest BCUT2D eigenvalue weighted by molar-refractivity contribution is 0.414. The molecule has 0 radical (unpaired) electrons. The molecule has 0 aromatic heterocycles. The average molecular weight is 283 g/mol. The topological polar surface area (TPSA) is 9.23 Å². The molecule has 0 heterocycles. The van der Waals surface area contributed by atoms with Crippen LogP contribution in [0, 0.1) is 0 Å². The van der Waals surface area contributed by atoms with Crippen molar-refractivity contribution in [3.05, 3.63) is 77.9 Å². The van der Waals surface area contributed by atoms with Crippen LogP contribution in [0.15, 0.2) is 66.7 Å². The van der Waals surface area contributed by atoms with Gasteiger partial charge in [0.25, 0.3) is 0 Å². The molecule has 0 saturated carbocycles. The Labute approximate surface area is 123 Å². The summed E-state index contributed by atoms with van der Waals surface area (Å²) in [4.78, 5) is 0. The van der Waals surface area contributed by atoms with Gasteiger partial charge in [0, 0.05) is 0 Å². The van der Waals surface area contributed by atoms with Gasteiger partial charge in [0.15, 0.2) is 0 Å². The second-order valence-electron chi connectivity index (χ2n) is 4.71. The Balaban J connectivity index is 2.10. The number of rotatable bonds is 3. The van der Waals surface area contributed by atoms with Crippen molar-refractivity contribution in [1.29, 1.82) is 0 Å². The van der Waals surface area contributed by atoms with E-state index in [-0.39, 0.29) is 5.38 Å². The van der Waals surface area contributed by atoms with Crippen LogP contribution in [-0.2, 0) is 0 Å². The Bertz CT molecular complexity index is 731. The highest BCUT2D eigenvalue weighted by Crippen LogP contribution is 2.34. The molecule has 0 aliphatic heterocycles. The summed E-state index contributed by atoms with van der Waals surface area (Å²) in [6.07, 6.45) is 0. The Morgan fingerprint density at radius 2 is 1.65 bits per heavy atom. The maximum Gasteiger partial charge on any atom is 0.119 e. The lowest BCUT2D eigenvalue weighted by Gasteiger charge is -2.14.